The third-order valence-electron chi connectivity index (χ3n) is 12.8. The van der Waals surface area contributed by atoms with E-state index < -0.39 is 71.3 Å². The van der Waals surface area contributed by atoms with Gasteiger partial charge in [-0.1, -0.05) is 116 Å². The molecule has 0 fully saturated rings. The van der Waals surface area contributed by atoms with Crippen LogP contribution >= 0.6 is 0 Å². The number of aliphatic hydroxyl groups excluding tert-OH is 2. The summed E-state index contributed by atoms with van der Waals surface area (Å²) in [4.78, 5) is 51.2. The van der Waals surface area contributed by atoms with Gasteiger partial charge in [0.25, 0.3) is 23.6 Å². The molecule has 2 aromatic carbocycles. The van der Waals surface area contributed by atoms with Crippen LogP contribution < -0.4 is 21.3 Å². The standard InChI is InChI=1S/2C26H36N6O5/c2*1-6-8-9-18(20(33)22(34)29-19-14-15-27-30-19)28-25(35)36-21(26(4,5)7-2)24-32-31-23(37-24)17-12-10-16(3)11-13-17/h2*10-15,18,20-21,33H,6-9H2,1-5H3,(H,28,35)(H2,27,29,30,34)/t18-,20+,21-;18-,20-,21-/m00/s1. The van der Waals surface area contributed by atoms with Crippen molar-refractivity contribution in [1.82, 2.24) is 51.4 Å². The molecule has 4 aromatic heterocycles. The highest BCUT2D eigenvalue weighted by molar-refractivity contribution is 5.94. The molecule has 6 rings (SSSR count). The molecule has 6 atom stereocenters. The van der Waals surface area contributed by atoms with Crippen LogP contribution in [0.15, 0.2) is 81.9 Å². The summed E-state index contributed by atoms with van der Waals surface area (Å²) in [5.74, 6) is 0.315. The second-order valence-electron chi connectivity index (χ2n) is 19.5. The van der Waals surface area contributed by atoms with E-state index in [4.69, 9.17) is 18.3 Å². The lowest BCUT2D eigenvalue weighted by atomic mass is 9.83. The maximum absolute atomic E-state index is 13.0. The fraction of sp³-hybridized carbons (Fsp3) is 0.500. The topological polar surface area (TPSA) is 311 Å². The third-order valence-corrected chi connectivity index (χ3v) is 12.8. The summed E-state index contributed by atoms with van der Waals surface area (Å²) in [6.07, 6.45) is 1.72. The van der Waals surface area contributed by atoms with Gasteiger partial charge in [0.1, 0.15) is 11.6 Å². The number of carbonyl (C=O) groups excluding carboxylic acids is 4. The highest BCUT2D eigenvalue weighted by Gasteiger charge is 2.40. The summed E-state index contributed by atoms with van der Waals surface area (Å²) >= 11 is 0. The van der Waals surface area contributed by atoms with Gasteiger partial charge >= 0.3 is 12.2 Å². The molecule has 0 aliphatic carbocycles. The predicted octanol–water partition coefficient (Wildman–Crippen LogP) is 9.06. The number of alkyl carbamates (subject to hydrolysis) is 2. The van der Waals surface area contributed by atoms with Crippen LogP contribution in [0.25, 0.3) is 22.9 Å². The van der Waals surface area contributed by atoms with Gasteiger partial charge in [-0.2, -0.15) is 10.2 Å². The Morgan fingerprint density at radius 2 is 0.946 bits per heavy atom. The van der Waals surface area contributed by atoms with Gasteiger partial charge in [0.05, 0.1) is 24.5 Å². The minimum atomic E-state index is -1.50. The molecule has 400 valence electrons. The first-order valence-electron chi connectivity index (χ1n) is 25.0. The Labute approximate surface area is 431 Å². The van der Waals surface area contributed by atoms with Crippen molar-refractivity contribution >= 4 is 35.6 Å². The predicted molar refractivity (Wildman–Crippen MR) is 275 cm³/mol. The van der Waals surface area contributed by atoms with E-state index in [9.17, 15) is 29.4 Å². The van der Waals surface area contributed by atoms with E-state index >= 15 is 0 Å². The summed E-state index contributed by atoms with van der Waals surface area (Å²) in [6.45, 7) is 19.6. The Bertz CT molecular complexity index is 2470. The van der Waals surface area contributed by atoms with E-state index in [-0.39, 0.29) is 11.8 Å². The molecule has 0 aliphatic rings. The Kier molecular flexibility index (Phi) is 21.0. The minimum Gasteiger partial charge on any atom is -0.436 e. The Balaban J connectivity index is 0.000000274. The number of aromatic nitrogens is 8. The second kappa shape index (κ2) is 27.0. The SMILES string of the molecule is CCCC[C@H](NC(=O)O[C@@H](c1nnc(-c2ccc(C)cc2)o1)C(C)(C)CC)[C@@H](O)C(=O)Nc1ccn[nH]1.CCCC[C@H](NC(=O)O[C@@H](c1nnc(-c2ccc(C)cc2)o1)C(C)(C)CC)[C@H](O)C(=O)Nc1ccn[nH]1. The number of aryl methyl sites for hydroxylation is 2. The zero-order chi connectivity index (χ0) is 54.0. The van der Waals surface area contributed by atoms with E-state index in [1.54, 1.807) is 12.1 Å². The molecule has 0 saturated carbocycles. The summed E-state index contributed by atoms with van der Waals surface area (Å²) in [5.41, 5.74) is 2.65. The van der Waals surface area contributed by atoms with Crippen LogP contribution in [0.1, 0.15) is 142 Å². The van der Waals surface area contributed by atoms with Gasteiger partial charge in [0, 0.05) is 34.1 Å². The normalized spacial score (nSPS) is 14.0. The molecule has 0 saturated heterocycles. The number of unbranched alkanes of at least 4 members (excludes halogenated alkanes) is 2. The van der Waals surface area contributed by atoms with Crippen molar-refractivity contribution in [3.8, 4) is 22.9 Å². The zero-order valence-electron chi connectivity index (χ0n) is 43.9. The van der Waals surface area contributed by atoms with Crippen LogP contribution in [0.2, 0.25) is 0 Å². The maximum atomic E-state index is 13.0. The lowest BCUT2D eigenvalue weighted by molar-refractivity contribution is -0.126. The number of aromatic amines is 2. The highest BCUT2D eigenvalue weighted by atomic mass is 16.6. The summed E-state index contributed by atoms with van der Waals surface area (Å²) in [7, 11) is 0. The van der Waals surface area contributed by atoms with Crippen LogP contribution in [-0.2, 0) is 19.1 Å². The van der Waals surface area contributed by atoms with Crippen LogP contribution in [0, 0.1) is 24.7 Å². The largest absolute Gasteiger partial charge is 0.436 e. The minimum absolute atomic E-state index is 0.167. The smallest absolute Gasteiger partial charge is 0.408 e. The van der Waals surface area contributed by atoms with Gasteiger partial charge in [0.15, 0.2) is 24.4 Å². The summed E-state index contributed by atoms with van der Waals surface area (Å²) in [6, 6.07) is 16.7. The number of hydrogen-bond donors (Lipinski definition) is 8. The van der Waals surface area contributed by atoms with Crippen molar-refractivity contribution in [3.05, 3.63) is 96.0 Å². The number of benzene rings is 2. The number of hydrogen-bond acceptors (Lipinski definition) is 16. The molecule has 0 radical (unpaired) electrons. The molecule has 22 heteroatoms. The Hall–Kier alpha value is -7.46. The van der Waals surface area contributed by atoms with Crippen molar-refractivity contribution < 1.29 is 47.7 Å². The number of amides is 4. The van der Waals surface area contributed by atoms with E-state index in [0.29, 0.717) is 61.9 Å². The van der Waals surface area contributed by atoms with Gasteiger partial charge in [-0.25, -0.2) is 9.59 Å². The van der Waals surface area contributed by atoms with Crippen molar-refractivity contribution in [3.63, 3.8) is 0 Å². The zero-order valence-corrected chi connectivity index (χ0v) is 43.9. The molecule has 74 heavy (non-hydrogen) atoms. The van der Waals surface area contributed by atoms with Crippen LogP contribution in [0.3, 0.4) is 0 Å². The molecule has 6 aromatic rings. The quantitative estimate of drug-likeness (QED) is 0.0280. The van der Waals surface area contributed by atoms with Gasteiger partial charge in [-0.3, -0.25) is 19.8 Å². The number of nitrogens with zero attached hydrogens (tertiary/aromatic N) is 6. The molecule has 4 heterocycles. The molecular formula is C52H72N12O10. The molecule has 22 nitrogen and oxygen atoms in total. The molecule has 4 amide bonds. The number of H-pyrrole nitrogens is 2. The van der Waals surface area contributed by atoms with Crippen molar-refractivity contribution in [2.24, 2.45) is 10.8 Å². The number of anilines is 2. The fourth-order valence-electron chi connectivity index (χ4n) is 7.25. The summed E-state index contributed by atoms with van der Waals surface area (Å²) in [5, 5.41) is 61.2. The average molecular weight is 1030 g/mol. The number of aliphatic hydroxyl groups is 2. The first kappa shape index (κ1) is 57.4. The first-order chi connectivity index (χ1) is 35.3. The van der Waals surface area contributed by atoms with Crippen molar-refractivity contribution in [2.45, 2.75) is 157 Å². The van der Waals surface area contributed by atoms with Gasteiger partial charge in [0.2, 0.25) is 11.8 Å². The monoisotopic (exact) mass is 1020 g/mol. The number of carbonyl (C=O) groups is 4. The lowest BCUT2D eigenvalue weighted by Gasteiger charge is -2.31. The summed E-state index contributed by atoms with van der Waals surface area (Å²) < 4.78 is 23.5. The average Bonchev–Trinajstić information content (AvgIpc) is 4.26. The van der Waals surface area contributed by atoms with Gasteiger partial charge in [-0.05, 0) is 63.8 Å². The van der Waals surface area contributed by atoms with E-state index in [2.05, 4.69) is 62.1 Å². The van der Waals surface area contributed by atoms with E-state index in [1.165, 1.54) is 12.4 Å². The molecule has 0 bridgehead atoms. The second-order valence-corrected chi connectivity index (χ2v) is 19.5. The van der Waals surface area contributed by atoms with Crippen molar-refractivity contribution in [1.29, 1.82) is 0 Å². The number of ether oxygens (including phenoxy) is 2. The van der Waals surface area contributed by atoms with Crippen molar-refractivity contribution in [2.75, 3.05) is 10.6 Å². The molecule has 0 unspecified atom stereocenters. The fourth-order valence-corrected chi connectivity index (χ4v) is 7.25. The number of rotatable bonds is 24. The highest BCUT2D eigenvalue weighted by Crippen LogP contribution is 2.41. The van der Waals surface area contributed by atoms with Gasteiger partial charge in [-0.15, -0.1) is 20.4 Å². The lowest BCUT2D eigenvalue weighted by Crippen LogP contribution is -2.49. The van der Waals surface area contributed by atoms with E-state index in [0.717, 1.165) is 35.1 Å². The molecule has 0 spiro atoms. The Morgan fingerprint density at radius 3 is 1.26 bits per heavy atom. The Morgan fingerprint density at radius 1 is 0.581 bits per heavy atom. The first-order valence-corrected chi connectivity index (χ1v) is 25.0. The van der Waals surface area contributed by atoms with Gasteiger partial charge < -0.3 is 49.8 Å². The van der Waals surface area contributed by atoms with E-state index in [1.807, 2.05) is 118 Å². The van der Waals surface area contributed by atoms with Crippen LogP contribution in [0.5, 0.6) is 0 Å². The van der Waals surface area contributed by atoms with Crippen LogP contribution in [0.4, 0.5) is 21.2 Å². The number of nitrogens with one attached hydrogen (secondary N) is 6. The maximum Gasteiger partial charge on any atom is 0.408 e. The molecular weight excluding hydrogens is 953 g/mol. The molecule has 8 N–H and O–H groups in total. The van der Waals surface area contributed by atoms with Crippen LogP contribution in [-0.4, -0.2) is 99.3 Å². The third kappa shape index (κ3) is 16.3. The molecule has 0 aliphatic heterocycles.